The van der Waals surface area contributed by atoms with Crippen LogP contribution in [0.25, 0.3) is 0 Å². The number of aromatic nitrogens is 2. The number of nitrogens with zero attached hydrogens (tertiary/aromatic N) is 4. The van der Waals surface area contributed by atoms with Crippen LogP contribution in [0.3, 0.4) is 0 Å². The Morgan fingerprint density at radius 2 is 1.86 bits per heavy atom. The molecule has 2 rings (SSSR count). The van der Waals surface area contributed by atoms with Gasteiger partial charge in [-0.1, -0.05) is 31.1 Å². The lowest BCUT2D eigenvalue weighted by molar-refractivity contribution is 0.675. The van der Waals surface area contributed by atoms with E-state index in [-0.39, 0.29) is 0 Å². The van der Waals surface area contributed by atoms with Crippen LogP contribution in [-0.2, 0) is 0 Å². The maximum atomic E-state index is 9.09. The molecule has 0 N–H and O–H groups in total. The molecule has 0 atom stereocenters. The fraction of sp³-hybridized carbons (Fsp3) is 0.438. The van der Waals surface area contributed by atoms with Crippen molar-refractivity contribution in [2.75, 3.05) is 18.0 Å². The lowest BCUT2D eigenvalue weighted by atomic mass is 10.0. The van der Waals surface area contributed by atoms with Crippen LogP contribution in [0.2, 0.25) is 19.6 Å². The third-order valence-electron chi connectivity index (χ3n) is 3.21. The number of allylic oxidation sites excluding steroid dienone is 1. The third kappa shape index (κ3) is 4.44. The molecule has 0 radical (unpaired) electrons. The van der Waals surface area contributed by atoms with Crippen LogP contribution in [-0.4, -0.2) is 31.1 Å². The quantitative estimate of drug-likeness (QED) is 0.590. The fourth-order valence-corrected chi connectivity index (χ4v) is 2.65. The molecule has 0 amide bonds. The molecular formula is C16H20N4Si. The number of hydrogen-bond donors (Lipinski definition) is 0. The molecule has 0 spiro atoms. The SMILES string of the molecule is C[Si](C)(C)C#CC=C1CCN(c2nccnc2C#N)CC1. The first-order valence-corrected chi connectivity index (χ1v) is 10.7. The van der Waals surface area contributed by atoms with Crippen LogP contribution in [0.15, 0.2) is 24.0 Å². The molecule has 1 fully saturated rings. The van der Waals surface area contributed by atoms with Gasteiger partial charge in [-0.2, -0.15) is 5.26 Å². The van der Waals surface area contributed by atoms with Gasteiger partial charge >= 0.3 is 0 Å². The highest BCUT2D eigenvalue weighted by molar-refractivity contribution is 6.83. The first kappa shape index (κ1) is 15.3. The Morgan fingerprint density at radius 3 is 2.48 bits per heavy atom. The van der Waals surface area contributed by atoms with Crippen LogP contribution in [0.1, 0.15) is 18.5 Å². The van der Waals surface area contributed by atoms with Crippen molar-refractivity contribution in [2.24, 2.45) is 0 Å². The molecule has 0 bridgehead atoms. The zero-order valence-electron chi connectivity index (χ0n) is 12.8. The van der Waals surface area contributed by atoms with E-state index in [1.54, 1.807) is 12.4 Å². The number of piperidine rings is 1. The predicted octanol–water partition coefficient (Wildman–Crippen LogP) is 2.76. The summed E-state index contributed by atoms with van der Waals surface area (Å²) in [6, 6.07) is 2.11. The van der Waals surface area contributed by atoms with Crippen molar-refractivity contribution in [1.82, 2.24) is 9.97 Å². The molecule has 0 saturated carbocycles. The van der Waals surface area contributed by atoms with Gasteiger partial charge in [0.05, 0.1) is 0 Å². The second kappa shape index (κ2) is 6.56. The highest BCUT2D eigenvalue weighted by atomic mass is 28.3. The molecular weight excluding hydrogens is 276 g/mol. The third-order valence-corrected chi connectivity index (χ3v) is 4.11. The average molecular weight is 296 g/mol. The zero-order valence-corrected chi connectivity index (χ0v) is 13.8. The summed E-state index contributed by atoms with van der Waals surface area (Å²) < 4.78 is 0. The van der Waals surface area contributed by atoms with E-state index in [1.807, 2.05) is 0 Å². The maximum absolute atomic E-state index is 9.09. The molecule has 1 saturated heterocycles. The minimum atomic E-state index is -1.29. The summed E-state index contributed by atoms with van der Waals surface area (Å²) >= 11 is 0. The molecule has 2 heterocycles. The second-order valence-electron chi connectivity index (χ2n) is 6.15. The number of anilines is 1. The molecule has 108 valence electrons. The molecule has 0 aliphatic carbocycles. The van der Waals surface area contributed by atoms with Gasteiger partial charge < -0.3 is 4.90 Å². The Morgan fingerprint density at radius 1 is 1.19 bits per heavy atom. The van der Waals surface area contributed by atoms with Gasteiger partial charge in [0, 0.05) is 25.5 Å². The number of nitriles is 1. The molecule has 0 unspecified atom stereocenters. The molecule has 1 aromatic rings. The summed E-state index contributed by atoms with van der Waals surface area (Å²) in [7, 11) is -1.29. The Kier molecular flexibility index (Phi) is 4.77. The Labute approximate surface area is 127 Å². The monoisotopic (exact) mass is 296 g/mol. The van der Waals surface area contributed by atoms with Crippen molar-refractivity contribution < 1.29 is 0 Å². The Bertz CT molecular complexity index is 631. The van der Waals surface area contributed by atoms with Crippen molar-refractivity contribution in [2.45, 2.75) is 32.5 Å². The summed E-state index contributed by atoms with van der Waals surface area (Å²) in [4.78, 5) is 10.5. The standard InChI is InChI=1S/C16H20N4Si/c1-21(2,3)12-4-5-14-6-10-20(11-7-14)16-15(13-17)18-8-9-19-16/h5,8-9H,6-7,10-11H2,1-3H3. The second-order valence-corrected chi connectivity index (χ2v) is 10.9. The lowest BCUT2D eigenvalue weighted by Gasteiger charge is -2.29. The predicted molar refractivity (Wildman–Crippen MR) is 87.4 cm³/mol. The van der Waals surface area contributed by atoms with Crippen molar-refractivity contribution >= 4 is 13.9 Å². The van der Waals surface area contributed by atoms with Gasteiger partial charge in [0.1, 0.15) is 14.1 Å². The summed E-state index contributed by atoms with van der Waals surface area (Å²) in [6.07, 6.45) is 7.23. The van der Waals surface area contributed by atoms with E-state index in [9.17, 15) is 0 Å². The highest BCUT2D eigenvalue weighted by Crippen LogP contribution is 2.22. The Hall–Kier alpha value is -2.11. The van der Waals surface area contributed by atoms with Crippen LogP contribution < -0.4 is 4.90 Å². The van der Waals surface area contributed by atoms with E-state index < -0.39 is 8.07 Å². The molecule has 1 aromatic heterocycles. The Balaban J connectivity index is 2.02. The van der Waals surface area contributed by atoms with E-state index in [1.165, 1.54) is 5.57 Å². The van der Waals surface area contributed by atoms with Crippen molar-refractivity contribution in [3.05, 3.63) is 29.7 Å². The fourth-order valence-electron chi connectivity index (χ4n) is 2.15. The van der Waals surface area contributed by atoms with E-state index in [0.717, 1.165) is 25.9 Å². The normalized spacial score (nSPS) is 15.0. The van der Waals surface area contributed by atoms with Crippen LogP contribution in [0.4, 0.5) is 5.82 Å². The molecule has 0 aromatic carbocycles. The highest BCUT2D eigenvalue weighted by Gasteiger charge is 2.18. The average Bonchev–Trinajstić information content (AvgIpc) is 2.47. The van der Waals surface area contributed by atoms with Crippen molar-refractivity contribution in [3.63, 3.8) is 0 Å². The summed E-state index contributed by atoms with van der Waals surface area (Å²) in [6.45, 7) is 8.48. The van der Waals surface area contributed by atoms with E-state index in [4.69, 9.17) is 5.26 Å². The molecule has 5 heteroatoms. The summed E-state index contributed by atoms with van der Waals surface area (Å²) in [5, 5.41) is 9.09. The van der Waals surface area contributed by atoms with Crippen LogP contribution in [0, 0.1) is 22.8 Å². The van der Waals surface area contributed by atoms with Crippen LogP contribution in [0.5, 0.6) is 0 Å². The molecule has 21 heavy (non-hydrogen) atoms. The minimum absolute atomic E-state index is 0.406. The van der Waals surface area contributed by atoms with Gasteiger partial charge in [-0.25, -0.2) is 9.97 Å². The molecule has 1 aliphatic heterocycles. The number of hydrogen-bond acceptors (Lipinski definition) is 4. The molecule has 4 nitrogen and oxygen atoms in total. The van der Waals surface area contributed by atoms with Gasteiger partial charge in [-0.3, -0.25) is 0 Å². The lowest BCUT2D eigenvalue weighted by Crippen LogP contribution is -2.32. The van der Waals surface area contributed by atoms with E-state index in [2.05, 4.69) is 58.1 Å². The van der Waals surface area contributed by atoms with Gasteiger partial charge in [-0.15, -0.1) is 5.54 Å². The van der Waals surface area contributed by atoms with Crippen molar-refractivity contribution in [1.29, 1.82) is 5.26 Å². The van der Waals surface area contributed by atoms with Gasteiger partial charge in [0.2, 0.25) is 0 Å². The van der Waals surface area contributed by atoms with Gasteiger partial charge in [-0.05, 0) is 18.9 Å². The smallest absolute Gasteiger partial charge is 0.183 e. The summed E-state index contributed by atoms with van der Waals surface area (Å²) in [5.41, 5.74) is 5.16. The molecule has 1 aliphatic rings. The topological polar surface area (TPSA) is 52.8 Å². The zero-order chi connectivity index (χ0) is 15.3. The van der Waals surface area contributed by atoms with Crippen molar-refractivity contribution in [3.8, 4) is 17.5 Å². The van der Waals surface area contributed by atoms with E-state index >= 15 is 0 Å². The number of rotatable bonds is 1. The minimum Gasteiger partial charge on any atom is -0.354 e. The summed E-state index contributed by atoms with van der Waals surface area (Å²) in [5.74, 6) is 3.92. The first-order valence-electron chi connectivity index (χ1n) is 7.16. The maximum Gasteiger partial charge on any atom is 0.183 e. The van der Waals surface area contributed by atoms with E-state index in [0.29, 0.717) is 11.5 Å². The van der Waals surface area contributed by atoms with Gasteiger partial charge in [0.25, 0.3) is 0 Å². The van der Waals surface area contributed by atoms with Gasteiger partial charge in [0.15, 0.2) is 11.5 Å². The van der Waals surface area contributed by atoms with Crippen LogP contribution >= 0.6 is 0 Å². The largest absolute Gasteiger partial charge is 0.354 e. The first-order chi connectivity index (χ1) is 9.99.